The summed E-state index contributed by atoms with van der Waals surface area (Å²) in [5, 5.41) is 9.12. The van der Waals surface area contributed by atoms with E-state index in [0.29, 0.717) is 12.1 Å². The van der Waals surface area contributed by atoms with E-state index in [1.54, 1.807) is 24.0 Å². The van der Waals surface area contributed by atoms with Crippen molar-refractivity contribution in [2.75, 3.05) is 11.4 Å². The fraction of sp³-hybridized carbons (Fsp3) is 0.435. The van der Waals surface area contributed by atoms with E-state index in [9.17, 15) is 9.59 Å². The zero-order chi connectivity index (χ0) is 21.1. The minimum absolute atomic E-state index is 0.00702. The van der Waals surface area contributed by atoms with Crippen LogP contribution < -0.4 is 4.90 Å². The molecule has 148 valence electrons. The molecule has 1 heterocycles. The summed E-state index contributed by atoms with van der Waals surface area (Å²) in [6.07, 6.45) is 3.53. The number of allylic oxidation sites excluding steroid dienone is 3. The lowest BCUT2D eigenvalue weighted by atomic mass is 10.0. The van der Waals surface area contributed by atoms with Crippen LogP contribution in [-0.4, -0.2) is 24.0 Å². The highest BCUT2D eigenvalue weighted by molar-refractivity contribution is 6.00. The fourth-order valence-corrected chi connectivity index (χ4v) is 3.03. The van der Waals surface area contributed by atoms with E-state index in [4.69, 9.17) is 10.00 Å². The average molecular weight is 380 g/mol. The van der Waals surface area contributed by atoms with Crippen LogP contribution >= 0.6 is 0 Å². The van der Waals surface area contributed by atoms with Crippen molar-refractivity contribution in [3.63, 3.8) is 0 Å². The van der Waals surface area contributed by atoms with Crippen molar-refractivity contribution in [2.24, 2.45) is 5.92 Å². The number of hydrogen-bond acceptors (Lipinski definition) is 4. The lowest BCUT2D eigenvalue weighted by Crippen LogP contribution is -2.27. The van der Waals surface area contributed by atoms with Gasteiger partial charge < -0.3 is 9.64 Å². The molecule has 2 atom stereocenters. The molecule has 0 saturated carbocycles. The molecule has 0 radical (unpaired) electrons. The van der Waals surface area contributed by atoms with E-state index in [-0.39, 0.29) is 23.7 Å². The maximum absolute atomic E-state index is 12.7. The van der Waals surface area contributed by atoms with Crippen molar-refractivity contribution in [2.45, 2.75) is 53.1 Å². The lowest BCUT2D eigenvalue weighted by Gasteiger charge is -2.23. The Balaban J connectivity index is 2.18. The molecule has 1 aliphatic heterocycles. The maximum Gasteiger partial charge on any atom is 0.313 e. The molecule has 5 nitrogen and oxygen atoms in total. The van der Waals surface area contributed by atoms with Gasteiger partial charge in [-0.05, 0) is 70.9 Å². The minimum Gasteiger partial charge on any atom is -0.460 e. The SMILES string of the molecule is C/C=C(C#N)\C=C1\CN(c2ccc(C(C)C(=O)OC(C)(C)C)cc2)C(=O)C1C. The molecule has 5 heteroatoms. The zero-order valence-corrected chi connectivity index (χ0v) is 17.4. The number of amides is 1. The van der Waals surface area contributed by atoms with Gasteiger partial charge in [-0.1, -0.05) is 18.2 Å². The molecule has 1 aromatic rings. The highest BCUT2D eigenvalue weighted by atomic mass is 16.6. The quantitative estimate of drug-likeness (QED) is 0.569. The summed E-state index contributed by atoms with van der Waals surface area (Å²) < 4.78 is 5.44. The van der Waals surface area contributed by atoms with Crippen LogP contribution in [0.15, 0.2) is 47.6 Å². The molecule has 1 fully saturated rings. The maximum atomic E-state index is 12.7. The van der Waals surface area contributed by atoms with Gasteiger partial charge in [0.1, 0.15) is 5.60 Å². The molecule has 0 spiro atoms. The smallest absolute Gasteiger partial charge is 0.313 e. The first-order valence-corrected chi connectivity index (χ1v) is 9.48. The Morgan fingerprint density at radius 2 is 1.93 bits per heavy atom. The van der Waals surface area contributed by atoms with Crippen LogP contribution in [0.2, 0.25) is 0 Å². The summed E-state index contributed by atoms with van der Waals surface area (Å²) in [6.45, 7) is 11.5. The molecule has 1 aromatic carbocycles. The molecule has 1 aliphatic rings. The summed E-state index contributed by atoms with van der Waals surface area (Å²) in [5.41, 5.74) is 2.57. The predicted molar refractivity (Wildman–Crippen MR) is 110 cm³/mol. The molecular formula is C23H28N2O3. The first-order valence-electron chi connectivity index (χ1n) is 9.48. The van der Waals surface area contributed by atoms with Gasteiger partial charge in [0.15, 0.2) is 0 Å². The van der Waals surface area contributed by atoms with E-state index >= 15 is 0 Å². The number of carbonyl (C=O) groups excluding carboxylic acids is 2. The first kappa shape index (κ1) is 21.4. The third-order valence-corrected chi connectivity index (χ3v) is 4.78. The van der Waals surface area contributed by atoms with E-state index in [1.807, 2.05) is 58.9 Å². The second-order valence-corrected chi connectivity index (χ2v) is 8.07. The highest BCUT2D eigenvalue weighted by Gasteiger charge is 2.33. The van der Waals surface area contributed by atoms with E-state index < -0.39 is 5.60 Å². The number of anilines is 1. The zero-order valence-electron chi connectivity index (χ0n) is 17.4. The Kier molecular flexibility index (Phi) is 6.45. The van der Waals surface area contributed by atoms with Crippen molar-refractivity contribution in [1.82, 2.24) is 0 Å². The second kappa shape index (κ2) is 8.43. The molecule has 2 rings (SSSR count). The van der Waals surface area contributed by atoms with Crippen LogP contribution in [-0.2, 0) is 14.3 Å². The number of ether oxygens (including phenoxy) is 1. The van der Waals surface area contributed by atoms with Crippen molar-refractivity contribution >= 4 is 17.6 Å². The van der Waals surface area contributed by atoms with Crippen LogP contribution in [0.3, 0.4) is 0 Å². The molecule has 1 saturated heterocycles. The van der Waals surface area contributed by atoms with Crippen LogP contribution in [0, 0.1) is 17.2 Å². The number of nitrogens with zero attached hydrogens (tertiary/aromatic N) is 2. The summed E-state index contributed by atoms with van der Waals surface area (Å²) in [7, 11) is 0. The molecule has 0 N–H and O–H groups in total. The van der Waals surface area contributed by atoms with Gasteiger partial charge in [0, 0.05) is 17.8 Å². The van der Waals surface area contributed by atoms with Gasteiger partial charge in [-0.25, -0.2) is 0 Å². The third kappa shape index (κ3) is 4.89. The minimum atomic E-state index is -0.526. The highest BCUT2D eigenvalue weighted by Crippen LogP contribution is 2.31. The van der Waals surface area contributed by atoms with Gasteiger partial charge in [-0.3, -0.25) is 9.59 Å². The van der Waals surface area contributed by atoms with Gasteiger partial charge in [0.25, 0.3) is 0 Å². The molecule has 28 heavy (non-hydrogen) atoms. The van der Waals surface area contributed by atoms with Gasteiger partial charge in [-0.15, -0.1) is 0 Å². The molecular weight excluding hydrogens is 352 g/mol. The Bertz CT molecular complexity index is 851. The largest absolute Gasteiger partial charge is 0.460 e. The topological polar surface area (TPSA) is 70.4 Å². The van der Waals surface area contributed by atoms with E-state index in [1.165, 1.54) is 0 Å². The summed E-state index contributed by atoms with van der Waals surface area (Å²) in [6, 6.07) is 9.54. The monoisotopic (exact) mass is 380 g/mol. The van der Waals surface area contributed by atoms with Gasteiger partial charge in [0.05, 0.1) is 17.9 Å². The molecule has 2 unspecified atom stereocenters. The molecule has 0 aromatic heterocycles. The lowest BCUT2D eigenvalue weighted by molar-refractivity contribution is -0.156. The number of nitriles is 1. The number of esters is 1. The summed E-state index contributed by atoms with van der Waals surface area (Å²) in [5.74, 6) is -0.909. The number of hydrogen-bond donors (Lipinski definition) is 0. The van der Waals surface area contributed by atoms with Crippen molar-refractivity contribution < 1.29 is 14.3 Å². The van der Waals surface area contributed by atoms with E-state index in [0.717, 1.165) is 16.8 Å². The van der Waals surface area contributed by atoms with Crippen molar-refractivity contribution in [1.29, 1.82) is 5.26 Å². The predicted octanol–water partition coefficient (Wildman–Crippen LogP) is 4.51. The Hall–Kier alpha value is -2.87. The standard InChI is InChI=1S/C23H28N2O3/c1-7-17(13-24)12-19-14-25(21(26)15(19)2)20-10-8-18(9-11-20)16(3)22(27)28-23(4,5)6/h7-12,15-16H,14H2,1-6H3/b17-7+,19-12-. The van der Waals surface area contributed by atoms with Crippen LogP contribution in [0.25, 0.3) is 0 Å². The van der Waals surface area contributed by atoms with Gasteiger partial charge in [-0.2, -0.15) is 5.26 Å². The van der Waals surface area contributed by atoms with Gasteiger partial charge in [0.2, 0.25) is 5.91 Å². The van der Waals surface area contributed by atoms with Crippen molar-refractivity contribution in [3.8, 4) is 6.07 Å². The molecule has 0 aliphatic carbocycles. The average Bonchev–Trinajstić information content (AvgIpc) is 2.92. The van der Waals surface area contributed by atoms with Crippen LogP contribution in [0.1, 0.15) is 53.0 Å². The molecule has 0 bridgehead atoms. The summed E-state index contributed by atoms with van der Waals surface area (Å²) >= 11 is 0. The second-order valence-electron chi connectivity index (χ2n) is 8.07. The van der Waals surface area contributed by atoms with Crippen LogP contribution in [0.5, 0.6) is 0 Å². The summed E-state index contributed by atoms with van der Waals surface area (Å²) in [4.78, 5) is 26.7. The van der Waals surface area contributed by atoms with Crippen LogP contribution in [0.4, 0.5) is 5.69 Å². The van der Waals surface area contributed by atoms with Gasteiger partial charge >= 0.3 is 5.97 Å². The Labute approximate surface area is 167 Å². The number of rotatable bonds is 4. The molecule has 1 amide bonds. The fourth-order valence-electron chi connectivity index (χ4n) is 3.03. The normalized spacial score (nSPS) is 20.2. The Morgan fingerprint density at radius 3 is 2.43 bits per heavy atom. The van der Waals surface area contributed by atoms with Crippen molar-refractivity contribution in [3.05, 3.63) is 53.1 Å². The number of benzene rings is 1. The third-order valence-electron chi connectivity index (χ3n) is 4.78. The van der Waals surface area contributed by atoms with E-state index in [2.05, 4.69) is 6.07 Å². The first-order chi connectivity index (χ1) is 13.1. The number of carbonyl (C=O) groups is 2. The Morgan fingerprint density at radius 1 is 1.32 bits per heavy atom.